The van der Waals surface area contributed by atoms with Crippen molar-refractivity contribution < 1.29 is 41.7 Å². The van der Waals surface area contributed by atoms with Crippen molar-refractivity contribution in [3.63, 3.8) is 0 Å². The summed E-state index contributed by atoms with van der Waals surface area (Å²) in [6.07, 6.45) is 1.59. The number of hydrogen-bond acceptors (Lipinski definition) is 8. The molecule has 2 atom stereocenters. The van der Waals surface area contributed by atoms with Gasteiger partial charge in [-0.2, -0.15) is 0 Å². The Morgan fingerprint density at radius 3 is 2.61 bits per heavy atom. The molecule has 8 nitrogen and oxygen atoms in total. The van der Waals surface area contributed by atoms with Crippen molar-refractivity contribution >= 4 is 15.8 Å². The Morgan fingerprint density at radius 1 is 1.07 bits per heavy atom. The van der Waals surface area contributed by atoms with Gasteiger partial charge in [-0.3, -0.25) is 4.79 Å². The third kappa shape index (κ3) is 6.56. The summed E-state index contributed by atoms with van der Waals surface area (Å²) in [5, 5.41) is 10.9. The molecule has 0 bridgehead atoms. The van der Waals surface area contributed by atoms with E-state index < -0.39 is 21.3 Å². The molecule has 2 aliphatic heterocycles. The fourth-order valence-corrected chi connectivity index (χ4v) is 7.73. The maximum atomic E-state index is 14.9. The number of ether oxygens (including phenoxy) is 4. The summed E-state index contributed by atoms with van der Waals surface area (Å²) in [7, 11) is -3.09. The standard InChI is InChI=1S/C34H37FO8S/c1-3-40-33(36)28-18-27(28)26-6-5-24(17-30(26)35)42-19-22-4-7-31-29(15-22)32-21(2)14-25(16-23(32)8-11-41-31)43-20-34(37)9-12-44(38,39)13-10-34/h4-7,14-17,27-28,37H,3,8-13,18-20H2,1-2H3/t27-,28+/m1/s1. The third-order valence-electron chi connectivity index (χ3n) is 8.75. The normalized spacial score (nSPS) is 21.2. The Bertz CT molecular complexity index is 1670. The van der Waals surface area contributed by atoms with E-state index in [4.69, 9.17) is 18.9 Å². The summed E-state index contributed by atoms with van der Waals surface area (Å²) in [5.74, 6) is 0.619. The Morgan fingerprint density at radius 2 is 1.86 bits per heavy atom. The quantitative estimate of drug-likeness (QED) is 0.320. The number of carbonyl (C=O) groups excluding carboxylic acids is 1. The van der Waals surface area contributed by atoms with E-state index in [2.05, 4.69) is 0 Å². The van der Waals surface area contributed by atoms with E-state index in [0.29, 0.717) is 43.1 Å². The first-order chi connectivity index (χ1) is 21.0. The Kier molecular flexibility index (Phi) is 8.32. The van der Waals surface area contributed by atoms with Crippen molar-refractivity contribution in [3.8, 4) is 28.4 Å². The van der Waals surface area contributed by atoms with Crippen LogP contribution in [0.25, 0.3) is 11.1 Å². The summed E-state index contributed by atoms with van der Waals surface area (Å²) in [4.78, 5) is 12.0. The number of rotatable bonds is 9. The van der Waals surface area contributed by atoms with Gasteiger partial charge in [-0.15, -0.1) is 0 Å². The number of aliphatic hydroxyl groups is 1. The molecule has 3 aromatic carbocycles. The molecule has 0 amide bonds. The monoisotopic (exact) mass is 624 g/mol. The van der Waals surface area contributed by atoms with E-state index in [0.717, 1.165) is 33.6 Å². The van der Waals surface area contributed by atoms with Crippen LogP contribution < -0.4 is 14.2 Å². The second kappa shape index (κ2) is 12.0. The zero-order chi connectivity index (χ0) is 31.1. The zero-order valence-electron chi connectivity index (χ0n) is 24.9. The number of halogens is 1. The molecular formula is C34H37FO8S. The average Bonchev–Trinajstić information content (AvgIpc) is 3.80. The molecule has 3 aromatic rings. The Balaban J connectivity index is 1.14. The van der Waals surface area contributed by atoms with Gasteiger partial charge in [-0.05, 0) is 91.3 Å². The van der Waals surface area contributed by atoms with Crippen LogP contribution in [-0.2, 0) is 32.4 Å². The largest absolute Gasteiger partial charge is 0.493 e. The maximum absolute atomic E-state index is 14.9. The molecule has 0 spiro atoms. The molecule has 2 heterocycles. The molecule has 0 aromatic heterocycles. The molecule has 234 valence electrons. The Labute approximate surface area is 257 Å². The molecule has 6 rings (SSSR count). The highest BCUT2D eigenvalue weighted by molar-refractivity contribution is 7.91. The van der Waals surface area contributed by atoms with Crippen molar-refractivity contribution in [2.24, 2.45) is 5.92 Å². The predicted octanol–water partition coefficient (Wildman–Crippen LogP) is 5.30. The summed E-state index contributed by atoms with van der Waals surface area (Å²) in [6.45, 7) is 4.83. The van der Waals surface area contributed by atoms with E-state index in [-0.39, 0.29) is 55.4 Å². The maximum Gasteiger partial charge on any atom is 0.309 e. The lowest BCUT2D eigenvalue weighted by Gasteiger charge is -2.31. The number of benzene rings is 3. The van der Waals surface area contributed by atoms with Gasteiger partial charge < -0.3 is 24.1 Å². The van der Waals surface area contributed by atoms with Crippen LogP contribution in [-0.4, -0.2) is 56.4 Å². The minimum Gasteiger partial charge on any atom is -0.493 e. The first-order valence-corrected chi connectivity index (χ1v) is 16.9. The Hall–Kier alpha value is -3.63. The van der Waals surface area contributed by atoms with Crippen molar-refractivity contribution in [2.75, 3.05) is 31.3 Å². The first kappa shape index (κ1) is 30.4. The predicted molar refractivity (Wildman–Crippen MR) is 162 cm³/mol. The molecule has 1 saturated heterocycles. The number of aryl methyl sites for hydroxylation is 1. The third-order valence-corrected chi connectivity index (χ3v) is 10.4. The molecule has 0 unspecified atom stereocenters. The summed E-state index contributed by atoms with van der Waals surface area (Å²) in [5.41, 5.74) is 4.25. The van der Waals surface area contributed by atoms with E-state index in [1.165, 1.54) is 6.07 Å². The van der Waals surface area contributed by atoms with Gasteiger partial charge in [0.15, 0.2) is 9.84 Å². The smallest absolute Gasteiger partial charge is 0.309 e. The lowest BCUT2D eigenvalue weighted by atomic mass is 9.92. The van der Waals surface area contributed by atoms with E-state index in [9.17, 15) is 22.7 Å². The van der Waals surface area contributed by atoms with Crippen molar-refractivity contribution in [3.05, 3.63) is 76.6 Å². The second-order valence-corrected chi connectivity index (χ2v) is 14.3. The van der Waals surface area contributed by atoms with Gasteiger partial charge in [0.2, 0.25) is 0 Å². The number of hydrogen-bond donors (Lipinski definition) is 1. The van der Waals surface area contributed by atoms with Gasteiger partial charge in [-0.1, -0.05) is 12.1 Å². The van der Waals surface area contributed by atoms with E-state index in [1.807, 2.05) is 37.3 Å². The van der Waals surface area contributed by atoms with Crippen LogP contribution in [0.3, 0.4) is 0 Å². The van der Waals surface area contributed by atoms with Gasteiger partial charge in [0.1, 0.15) is 41.9 Å². The van der Waals surface area contributed by atoms with Crippen molar-refractivity contribution in [1.29, 1.82) is 0 Å². The molecule has 3 aliphatic rings. The van der Waals surface area contributed by atoms with Crippen LogP contribution in [0.1, 0.15) is 54.4 Å². The topological polar surface area (TPSA) is 108 Å². The summed E-state index contributed by atoms with van der Waals surface area (Å²) >= 11 is 0. The van der Waals surface area contributed by atoms with Crippen LogP contribution in [0, 0.1) is 18.7 Å². The zero-order valence-corrected chi connectivity index (χ0v) is 25.8. The number of carbonyl (C=O) groups is 1. The molecule has 44 heavy (non-hydrogen) atoms. The van der Waals surface area contributed by atoms with Crippen LogP contribution in [0.2, 0.25) is 0 Å². The van der Waals surface area contributed by atoms with Gasteiger partial charge in [-0.25, -0.2) is 12.8 Å². The van der Waals surface area contributed by atoms with Gasteiger partial charge >= 0.3 is 5.97 Å². The molecule has 1 N–H and O–H groups in total. The number of fused-ring (bicyclic) bond motifs is 3. The molecule has 0 radical (unpaired) electrons. The number of esters is 1. The van der Waals surface area contributed by atoms with Crippen LogP contribution >= 0.6 is 0 Å². The van der Waals surface area contributed by atoms with Crippen LogP contribution in [0.15, 0.2) is 48.5 Å². The lowest BCUT2D eigenvalue weighted by Crippen LogP contribution is -2.43. The van der Waals surface area contributed by atoms with Gasteiger partial charge in [0.25, 0.3) is 0 Å². The highest BCUT2D eigenvalue weighted by Gasteiger charge is 2.46. The molecule has 1 aliphatic carbocycles. The average molecular weight is 625 g/mol. The first-order valence-electron chi connectivity index (χ1n) is 15.1. The molecule has 10 heteroatoms. The summed E-state index contributed by atoms with van der Waals surface area (Å²) in [6, 6.07) is 14.6. The molecular weight excluding hydrogens is 587 g/mol. The highest BCUT2D eigenvalue weighted by Crippen LogP contribution is 2.49. The van der Waals surface area contributed by atoms with Gasteiger partial charge in [0, 0.05) is 24.0 Å². The second-order valence-electron chi connectivity index (χ2n) is 12.0. The number of sulfone groups is 1. The van der Waals surface area contributed by atoms with Gasteiger partial charge in [0.05, 0.1) is 30.6 Å². The summed E-state index contributed by atoms with van der Waals surface area (Å²) < 4.78 is 61.6. The van der Waals surface area contributed by atoms with Crippen LogP contribution in [0.5, 0.6) is 17.2 Å². The van der Waals surface area contributed by atoms with E-state index >= 15 is 0 Å². The van der Waals surface area contributed by atoms with Crippen LogP contribution in [0.4, 0.5) is 4.39 Å². The van der Waals surface area contributed by atoms with E-state index in [1.54, 1.807) is 19.1 Å². The molecule has 1 saturated carbocycles. The fourth-order valence-electron chi connectivity index (χ4n) is 6.14. The highest BCUT2D eigenvalue weighted by atomic mass is 32.2. The van der Waals surface area contributed by atoms with Crippen molar-refractivity contribution in [2.45, 2.75) is 57.7 Å². The fraction of sp³-hybridized carbons (Fsp3) is 0.441. The lowest BCUT2D eigenvalue weighted by molar-refractivity contribution is -0.144. The molecule has 2 fully saturated rings. The minimum absolute atomic E-state index is 0.0313. The van der Waals surface area contributed by atoms with Crippen molar-refractivity contribution in [1.82, 2.24) is 0 Å². The minimum atomic E-state index is -3.09. The SMILES string of the molecule is CCOC(=O)[C@H]1C[C@@H]1c1ccc(OCc2ccc3c(c2)-c2c(C)cc(OCC4(O)CCS(=O)(=O)CC4)cc2CCO3)cc1F.